The molecule has 0 unspecified atom stereocenters. The Balaban J connectivity index is 2.32. The zero-order valence-corrected chi connectivity index (χ0v) is 17.2. The van der Waals surface area contributed by atoms with Crippen LogP contribution in [0.3, 0.4) is 0 Å². The summed E-state index contributed by atoms with van der Waals surface area (Å²) >= 11 is 15.5. The maximum Gasteiger partial charge on any atom is 0.269 e. The van der Waals surface area contributed by atoms with Gasteiger partial charge in [-0.1, -0.05) is 11.6 Å². The van der Waals surface area contributed by atoms with E-state index in [-0.39, 0.29) is 15.4 Å². The molecule has 0 saturated carbocycles. The Hall–Kier alpha value is -0.780. The van der Waals surface area contributed by atoms with Gasteiger partial charge in [0.2, 0.25) is 0 Å². The molecular weight excluding hydrogens is 562 g/mol. The summed E-state index contributed by atoms with van der Waals surface area (Å²) in [6, 6.07) is 10.4. The van der Waals surface area contributed by atoms with Gasteiger partial charge in [-0.05, 0) is 93.8 Å². The van der Waals surface area contributed by atoms with Gasteiger partial charge in [0, 0.05) is 7.14 Å². The first-order valence-electron chi connectivity index (χ1n) is 6.33. The van der Waals surface area contributed by atoms with E-state index < -0.39 is 11.5 Å². The second kappa shape index (κ2) is 6.61. The third-order valence-electron chi connectivity index (χ3n) is 3.22. The summed E-state index contributed by atoms with van der Waals surface area (Å²) in [5.74, 6) is -0.541. The highest BCUT2D eigenvalue weighted by Crippen LogP contribution is 2.20. The molecule has 3 aromatic rings. The maximum absolute atomic E-state index is 12.8. The predicted octanol–water partition coefficient (Wildman–Crippen LogP) is 4.61. The van der Waals surface area contributed by atoms with Crippen molar-refractivity contribution < 1.29 is 4.79 Å². The van der Waals surface area contributed by atoms with Crippen molar-refractivity contribution in [3.05, 3.63) is 69.2 Å². The van der Waals surface area contributed by atoms with Gasteiger partial charge in [0.15, 0.2) is 4.77 Å². The summed E-state index contributed by atoms with van der Waals surface area (Å²) in [6.45, 7) is 0. The normalized spacial score (nSPS) is 10.9. The Bertz CT molecular complexity index is 1080. The molecule has 0 fully saturated rings. The van der Waals surface area contributed by atoms with Crippen molar-refractivity contribution in [1.29, 1.82) is 0 Å². The SMILES string of the molecule is O=C(c1cc(I)ccc1Cl)n1c(=S)[nH]c2ccc(I)cc2c1=O. The van der Waals surface area contributed by atoms with E-state index in [1.807, 2.05) is 6.07 Å². The number of rotatable bonds is 1. The third-order valence-corrected chi connectivity index (χ3v) is 5.18. The van der Waals surface area contributed by atoms with E-state index in [1.165, 1.54) is 0 Å². The lowest BCUT2D eigenvalue weighted by molar-refractivity contribution is 0.0953. The largest absolute Gasteiger partial charge is 0.331 e. The summed E-state index contributed by atoms with van der Waals surface area (Å²) in [4.78, 5) is 28.4. The van der Waals surface area contributed by atoms with Gasteiger partial charge in [0.05, 0.1) is 21.5 Å². The fourth-order valence-electron chi connectivity index (χ4n) is 2.15. The summed E-state index contributed by atoms with van der Waals surface area (Å²) in [6.07, 6.45) is 0. The summed E-state index contributed by atoms with van der Waals surface area (Å²) in [5, 5.41) is 0.681. The van der Waals surface area contributed by atoms with Gasteiger partial charge in [-0.3, -0.25) is 9.59 Å². The van der Waals surface area contributed by atoms with Gasteiger partial charge >= 0.3 is 0 Å². The number of hydrogen-bond donors (Lipinski definition) is 1. The Labute approximate surface area is 168 Å². The molecule has 1 N–H and O–H groups in total. The number of nitrogens with one attached hydrogen (secondary N) is 1. The minimum atomic E-state index is -0.541. The molecule has 0 amide bonds. The molecule has 0 spiro atoms. The zero-order valence-electron chi connectivity index (χ0n) is 11.3. The van der Waals surface area contributed by atoms with E-state index in [2.05, 4.69) is 50.2 Å². The highest BCUT2D eigenvalue weighted by atomic mass is 127. The van der Waals surface area contributed by atoms with Crippen LogP contribution < -0.4 is 5.56 Å². The molecule has 1 aromatic heterocycles. The van der Waals surface area contributed by atoms with E-state index in [4.69, 9.17) is 23.8 Å². The number of carbonyl (C=O) groups excluding carboxylic acids is 1. The van der Waals surface area contributed by atoms with E-state index in [1.54, 1.807) is 30.3 Å². The smallest absolute Gasteiger partial charge is 0.269 e. The molecular formula is C15H7ClI2N2O2S. The molecule has 2 aromatic carbocycles. The quantitative estimate of drug-likeness (QED) is 0.345. The number of hydrogen-bond acceptors (Lipinski definition) is 3. The molecule has 0 saturated heterocycles. The molecule has 0 radical (unpaired) electrons. The number of benzene rings is 2. The maximum atomic E-state index is 12.8. The Kier molecular flexibility index (Phi) is 4.90. The second-order valence-electron chi connectivity index (χ2n) is 4.69. The number of fused-ring (bicyclic) bond motifs is 1. The standard InChI is InChI=1S/C15H7ClI2N2O2S/c16-11-3-1-7(17)5-9(11)13(21)20-14(22)10-6-8(18)2-4-12(10)19-15(20)23/h1-6H,(H,19,23). The van der Waals surface area contributed by atoms with Crippen molar-refractivity contribution in [2.24, 2.45) is 0 Å². The molecule has 4 nitrogen and oxygen atoms in total. The summed E-state index contributed by atoms with van der Waals surface area (Å²) in [5.41, 5.74) is 0.380. The van der Waals surface area contributed by atoms with Crippen LogP contribution in [0.15, 0.2) is 41.2 Å². The molecule has 0 aliphatic heterocycles. The summed E-state index contributed by atoms with van der Waals surface area (Å²) < 4.78 is 2.73. The van der Waals surface area contributed by atoms with Crippen molar-refractivity contribution in [1.82, 2.24) is 9.55 Å². The fraction of sp³-hybridized carbons (Fsp3) is 0. The number of halogens is 3. The van der Waals surface area contributed by atoms with Gasteiger partial charge < -0.3 is 4.98 Å². The Morgan fingerprint density at radius 2 is 1.78 bits per heavy atom. The molecule has 8 heteroatoms. The van der Waals surface area contributed by atoms with Crippen LogP contribution in [0.1, 0.15) is 10.4 Å². The molecule has 3 rings (SSSR count). The second-order valence-corrected chi connectivity index (χ2v) is 7.98. The van der Waals surface area contributed by atoms with Crippen LogP contribution in [0, 0.1) is 11.9 Å². The van der Waals surface area contributed by atoms with Crippen LogP contribution in [0.4, 0.5) is 0 Å². The van der Waals surface area contributed by atoms with Crippen LogP contribution >= 0.6 is 69.0 Å². The van der Waals surface area contributed by atoms with E-state index in [0.29, 0.717) is 10.9 Å². The molecule has 0 bridgehead atoms. The van der Waals surface area contributed by atoms with Crippen molar-refractivity contribution in [3.63, 3.8) is 0 Å². The lowest BCUT2D eigenvalue weighted by atomic mass is 10.2. The number of nitrogens with zero attached hydrogens (tertiary/aromatic N) is 1. The van der Waals surface area contributed by atoms with Crippen LogP contribution in [0.25, 0.3) is 10.9 Å². The van der Waals surface area contributed by atoms with Crippen molar-refractivity contribution >= 4 is 85.8 Å². The van der Waals surface area contributed by atoms with E-state index >= 15 is 0 Å². The van der Waals surface area contributed by atoms with Gasteiger partial charge in [-0.2, -0.15) is 0 Å². The summed E-state index contributed by atoms with van der Waals surface area (Å²) in [7, 11) is 0. The number of H-pyrrole nitrogens is 1. The molecule has 0 aliphatic rings. The van der Waals surface area contributed by atoms with Gasteiger partial charge in [-0.25, -0.2) is 4.57 Å². The molecule has 116 valence electrons. The average Bonchev–Trinajstić information content (AvgIpc) is 2.50. The first kappa shape index (κ1) is 17.1. The first-order chi connectivity index (χ1) is 10.9. The Morgan fingerprint density at radius 3 is 2.52 bits per heavy atom. The number of aromatic amines is 1. The number of carbonyl (C=O) groups is 1. The van der Waals surface area contributed by atoms with Gasteiger partial charge in [-0.15, -0.1) is 0 Å². The fourth-order valence-corrected chi connectivity index (χ4v) is 3.61. The molecule has 0 atom stereocenters. The predicted molar refractivity (Wildman–Crippen MR) is 110 cm³/mol. The Morgan fingerprint density at radius 1 is 1.13 bits per heavy atom. The average molecular weight is 569 g/mol. The minimum Gasteiger partial charge on any atom is -0.331 e. The van der Waals surface area contributed by atoms with Crippen LogP contribution in [-0.4, -0.2) is 15.5 Å². The van der Waals surface area contributed by atoms with Crippen LogP contribution in [-0.2, 0) is 0 Å². The van der Waals surface area contributed by atoms with Crippen molar-refractivity contribution in [3.8, 4) is 0 Å². The van der Waals surface area contributed by atoms with Crippen LogP contribution in [0.2, 0.25) is 5.02 Å². The monoisotopic (exact) mass is 568 g/mol. The topological polar surface area (TPSA) is 54.9 Å². The molecule has 1 heterocycles. The lowest BCUT2D eigenvalue weighted by Gasteiger charge is -2.09. The van der Waals surface area contributed by atoms with Crippen molar-refractivity contribution in [2.75, 3.05) is 0 Å². The highest BCUT2D eigenvalue weighted by Gasteiger charge is 2.18. The third kappa shape index (κ3) is 3.24. The van der Waals surface area contributed by atoms with Crippen molar-refractivity contribution in [2.45, 2.75) is 0 Å². The number of aromatic nitrogens is 2. The molecule has 0 aliphatic carbocycles. The molecule has 23 heavy (non-hydrogen) atoms. The zero-order chi connectivity index (χ0) is 16.7. The van der Waals surface area contributed by atoms with Gasteiger partial charge in [0.1, 0.15) is 0 Å². The lowest BCUT2D eigenvalue weighted by Crippen LogP contribution is -2.29. The minimum absolute atomic E-state index is 0.0450. The van der Waals surface area contributed by atoms with E-state index in [9.17, 15) is 9.59 Å². The van der Waals surface area contributed by atoms with E-state index in [0.717, 1.165) is 11.7 Å². The first-order valence-corrected chi connectivity index (χ1v) is 9.27. The highest BCUT2D eigenvalue weighted by molar-refractivity contribution is 14.1. The van der Waals surface area contributed by atoms with Crippen LogP contribution in [0.5, 0.6) is 0 Å². The van der Waals surface area contributed by atoms with Gasteiger partial charge in [0.25, 0.3) is 11.5 Å².